The summed E-state index contributed by atoms with van der Waals surface area (Å²) >= 11 is 6.86. The van der Waals surface area contributed by atoms with Gasteiger partial charge in [-0.3, -0.25) is 9.36 Å². The molecule has 13 heteroatoms. The molecule has 2 fully saturated rings. The molecule has 2 amide bonds. The molecule has 2 aromatic rings. The number of benzene rings is 2. The first-order chi connectivity index (χ1) is 23.8. The van der Waals surface area contributed by atoms with E-state index in [9.17, 15) is 18.9 Å². The molecule has 2 aromatic carbocycles. The maximum Gasteiger partial charge on any atom is 0.410 e. The average molecular weight is 859 g/mol. The van der Waals surface area contributed by atoms with Gasteiger partial charge in [0.1, 0.15) is 17.0 Å². The Labute approximate surface area is 321 Å². The molecule has 0 saturated carbocycles. The molecule has 0 unspecified atom stereocenters. The number of amides is 2. The zero-order valence-corrected chi connectivity index (χ0v) is 35.4. The van der Waals surface area contributed by atoms with Gasteiger partial charge in [0.2, 0.25) is 0 Å². The van der Waals surface area contributed by atoms with Crippen molar-refractivity contribution in [1.82, 2.24) is 9.80 Å². The summed E-state index contributed by atoms with van der Waals surface area (Å²) in [5, 5.41) is 0. The van der Waals surface area contributed by atoms with E-state index in [-0.39, 0.29) is 18.0 Å². The molecule has 4 rings (SSSR count). The van der Waals surface area contributed by atoms with E-state index in [0.717, 1.165) is 40.4 Å². The molecule has 0 N–H and O–H groups in total. The van der Waals surface area contributed by atoms with Gasteiger partial charge in [-0.15, -0.1) is 0 Å². The van der Waals surface area contributed by atoms with Crippen molar-refractivity contribution in [3.8, 4) is 0 Å². The summed E-state index contributed by atoms with van der Waals surface area (Å²) in [5.74, 6) is 0.227. The summed E-state index contributed by atoms with van der Waals surface area (Å²) in [4.78, 5) is 37.8. The summed E-state index contributed by atoms with van der Waals surface area (Å²) in [6.45, 7) is 18.1. The monoisotopic (exact) mass is 856 g/mol. The van der Waals surface area contributed by atoms with E-state index < -0.39 is 18.8 Å². The number of ketones is 1. The number of piperidine rings is 2. The topological polar surface area (TPSA) is 112 Å². The number of nitrogens with zero attached hydrogens (tertiary/aromatic N) is 2. The Balaban J connectivity index is 0.000000272. The Hall–Kier alpha value is -2.50. The van der Waals surface area contributed by atoms with Gasteiger partial charge in [-0.1, -0.05) is 67.8 Å². The van der Waals surface area contributed by atoms with Crippen LogP contribution in [0.4, 0.5) is 9.59 Å². The quantitative estimate of drug-likeness (QED) is 0.253. The van der Waals surface area contributed by atoms with Crippen molar-refractivity contribution in [3.63, 3.8) is 0 Å². The van der Waals surface area contributed by atoms with Gasteiger partial charge in [0.05, 0.1) is 19.4 Å². The second kappa shape index (κ2) is 21.3. The minimum absolute atomic E-state index is 0.205. The number of carbonyl (C=O) groups is 3. The first kappa shape index (κ1) is 44.7. The van der Waals surface area contributed by atoms with Crippen molar-refractivity contribution in [2.75, 3.05) is 39.4 Å². The van der Waals surface area contributed by atoms with Crippen molar-refractivity contribution >= 4 is 63.5 Å². The second-order valence-corrected chi connectivity index (χ2v) is 18.0. The van der Waals surface area contributed by atoms with Crippen LogP contribution in [-0.2, 0) is 34.0 Å². The SMILES string of the molecule is CC(C)(C)OC(=O)N1CCC(=Cc2cccc(Br)c2)CC1.CC(C)(C)OC(=O)N1CCC(=O)CC1.CCOP(=O)(Cc1cccc(Br)c1)OCC. The molecule has 2 aliphatic rings. The van der Waals surface area contributed by atoms with Crippen LogP contribution < -0.4 is 0 Å². The zero-order chi connectivity index (χ0) is 38.2. The van der Waals surface area contributed by atoms with Crippen LogP contribution in [0.2, 0.25) is 0 Å². The van der Waals surface area contributed by atoms with Gasteiger partial charge in [0.15, 0.2) is 0 Å². The zero-order valence-electron chi connectivity index (χ0n) is 31.3. The van der Waals surface area contributed by atoms with E-state index in [0.29, 0.717) is 45.3 Å². The van der Waals surface area contributed by atoms with Crippen LogP contribution in [0.15, 0.2) is 63.0 Å². The van der Waals surface area contributed by atoms with Crippen LogP contribution in [0.5, 0.6) is 0 Å². The van der Waals surface area contributed by atoms with Gasteiger partial charge in [0.25, 0.3) is 0 Å². The van der Waals surface area contributed by atoms with Gasteiger partial charge < -0.3 is 28.3 Å². The number of hydrogen-bond donors (Lipinski definition) is 0. The fourth-order valence-electron chi connectivity index (χ4n) is 4.93. The van der Waals surface area contributed by atoms with Crippen LogP contribution in [-0.4, -0.2) is 78.4 Å². The first-order valence-electron chi connectivity index (χ1n) is 17.4. The van der Waals surface area contributed by atoms with E-state index in [1.54, 1.807) is 9.80 Å². The molecule has 51 heavy (non-hydrogen) atoms. The Morgan fingerprint density at radius 2 is 1.20 bits per heavy atom. The minimum atomic E-state index is -2.98. The highest BCUT2D eigenvalue weighted by Crippen LogP contribution is 2.51. The number of rotatable bonds is 7. The van der Waals surface area contributed by atoms with Crippen molar-refractivity contribution in [2.45, 2.75) is 98.4 Å². The lowest BCUT2D eigenvalue weighted by Gasteiger charge is -2.31. The molecule has 2 aliphatic heterocycles. The van der Waals surface area contributed by atoms with Gasteiger partial charge in [-0.2, -0.15) is 0 Å². The van der Waals surface area contributed by atoms with Gasteiger partial charge in [-0.05, 0) is 104 Å². The van der Waals surface area contributed by atoms with Crippen molar-refractivity contribution in [1.29, 1.82) is 0 Å². The van der Waals surface area contributed by atoms with Crippen molar-refractivity contribution in [2.24, 2.45) is 0 Å². The summed E-state index contributed by atoms with van der Waals surface area (Å²) in [7, 11) is -2.98. The molecule has 2 heterocycles. The second-order valence-electron chi connectivity index (χ2n) is 14.1. The Morgan fingerprint density at radius 3 is 1.63 bits per heavy atom. The Morgan fingerprint density at radius 1 is 0.745 bits per heavy atom. The molecule has 0 aromatic heterocycles. The maximum absolute atomic E-state index is 12.2. The predicted octanol–water partition coefficient (Wildman–Crippen LogP) is 10.7. The van der Waals surface area contributed by atoms with E-state index in [1.807, 2.05) is 91.8 Å². The van der Waals surface area contributed by atoms with Crippen LogP contribution in [0.1, 0.15) is 92.2 Å². The number of halogens is 2. The standard InChI is InChI=1S/C17H22BrNO2.C11H16BrO3P.C10H17NO3/c1-17(2,3)21-16(20)19-9-7-13(8-10-19)11-14-5-4-6-15(18)12-14;1-3-14-16(13,15-4-2)9-10-6-5-7-11(12)8-10;1-10(2,3)14-9(13)11-6-4-8(12)5-7-11/h4-6,11-12H,7-10H2,1-3H3;5-8H,3-4,9H2,1-2H3;4-7H2,1-3H3. The van der Waals surface area contributed by atoms with E-state index in [1.165, 1.54) is 11.1 Å². The largest absolute Gasteiger partial charge is 0.444 e. The summed E-state index contributed by atoms with van der Waals surface area (Å²) < 4.78 is 35.3. The smallest absolute Gasteiger partial charge is 0.410 e. The van der Waals surface area contributed by atoms with E-state index in [2.05, 4.69) is 50.1 Å². The number of carbonyl (C=O) groups excluding carboxylic acids is 3. The van der Waals surface area contributed by atoms with Gasteiger partial charge in [0, 0.05) is 48.0 Å². The molecule has 2 saturated heterocycles. The van der Waals surface area contributed by atoms with Crippen LogP contribution in [0.3, 0.4) is 0 Å². The summed E-state index contributed by atoms with van der Waals surface area (Å²) in [6.07, 6.45) is 4.75. The lowest BCUT2D eigenvalue weighted by molar-refractivity contribution is -0.121. The highest BCUT2D eigenvalue weighted by atomic mass is 79.9. The maximum atomic E-state index is 12.2. The molecule has 0 aliphatic carbocycles. The predicted molar refractivity (Wildman–Crippen MR) is 210 cm³/mol. The third-order valence-corrected chi connectivity index (χ3v) is 10.2. The molecule has 0 spiro atoms. The molecular formula is C38H55Br2N2O8P. The van der Waals surface area contributed by atoms with E-state index >= 15 is 0 Å². The molecule has 0 radical (unpaired) electrons. The Bertz CT molecular complexity index is 1490. The fourth-order valence-corrected chi connectivity index (χ4v) is 7.48. The van der Waals surface area contributed by atoms with Crippen molar-refractivity contribution in [3.05, 3.63) is 74.2 Å². The molecule has 10 nitrogen and oxygen atoms in total. The molecule has 284 valence electrons. The lowest BCUT2D eigenvalue weighted by atomic mass is 10.0. The third-order valence-electron chi connectivity index (χ3n) is 7.17. The Kier molecular flexibility index (Phi) is 18.6. The van der Waals surface area contributed by atoms with Crippen LogP contribution in [0.25, 0.3) is 6.08 Å². The molecule has 0 atom stereocenters. The molecular weight excluding hydrogens is 803 g/mol. The number of ether oxygens (including phenoxy) is 2. The number of hydrogen-bond acceptors (Lipinski definition) is 8. The van der Waals surface area contributed by atoms with Crippen LogP contribution in [0, 0.1) is 0 Å². The summed E-state index contributed by atoms with van der Waals surface area (Å²) in [6, 6.07) is 15.9. The van der Waals surface area contributed by atoms with E-state index in [4.69, 9.17) is 18.5 Å². The number of likely N-dealkylation sites (tertiary alicyclic amines) is 2. The molecule has 0 bridgehead atoms. The third kappa shape index (κ3) is 18.7. The normalized spacial score (nSPS) is 15.2. The summed E-state index contributed by atoms with van der Waals surface area (Å²) in [5.41, 5.74) is 2.64. The average Bonchev–Trinajstić information content (AvgIpc) is 3.01. The first-order valence-corrected chi connectivity index (χ1v) is 20.7. The fraction of sp³-hybridized carbons (Fsp3) is 0.553. The highest BCUT2D eigenvalue weighted by Gasteiger charge is 2.27. The van der Waals surface area contributed by atoms with Gasteiger partial charge in [-0.25, -0.2) is 9.59 Å². The van der Waals surface area contributed by atoms with Crippen molar-refractivity contribution < 1.29 is 37.5 Å². The number of Topliss-reactive ketones (excluding diaryl/α,β-unsaturated/α-hetero) is 1. The lowest BCUT2D eigenvalue weighted by Crippen LogP contribution is -2.41. The van der Waals surface area contributed by atoms with Gasteiger partial charge >= 0.3 is 19.8 Å². The highest BCUT2D eigenvalue weighted by molar-refractivity contribution is 9.10. The minimum Gasteiger partial charge on any atom is -0.444 e. The van der Waals surface area contributed by atoms with Crippen LogP contribution >= 0.6 is 39.5 Å².